The van der Waals surface area contributed by atoms with Crippen LogP contribution in [0.15, 0.2) is 36.4 Å². The van der Waals surface area contributed by atoms with E-state index in [1.807, 2.05) is 0 Å². The molecule has 3 N–H and O–H groups in total. The summed E-state index contributed by atoms with van der Waals surface area (Å²) in [6, 6.07) is 6.68. The molecule has 7 heteroatoms. The number of imide groups is 1. The summed E-state index contributed by atoms with van der Waals surface area (Å²) in [5, 5.41) is 2.74. The van der Waals surface area contributed by atoms with Gasteiger partial charge in [0.05, 0.1) is 11.8 Å². The van der Waals surface area contributed by atoms with Crippen molar-refractivity contribution in [1.82, 2.24) is 10.2 Å². The van der Waals surface area contributed by atoms with Gasteiger partial charge in [-0.2, -0.15) is 0 Å². The standard InChI is InChI=1S/C18H19N3O3.ClH/c19-13-3-1-2-12(9-13)16(22)20-6-7-21-17(23)14-10-4-5-11(8-10)15(14)18(21)24;/h1-5,9-11,14-15H,6-8,19H2,(H,20,22);1H. The Morgan fingerprint density at radius 1 is 1.16 bits per heavy atom. The third kappa shape index (κ3) is 2.80. The minimum atomic E-state index is -0.261. The fourth-order valence-electron chi connectivity index (χ4n) is 4.25. The van der Waals surface area contributed by atoms with Crippen molar-refractivity contribution in [1.29, 1.82) is 0 Å². The third-order valence-corrected chi connectivity index (χ3v) is 5.33. The predicted molar refractivity (Wildman–Crippen MR) is 94.9 cm³/mol. The molecule has 132 valence electrons. The maximum absolute atomic E-state index is 12.5. The van der Waals surface area contributed by atoms with E-state index in [-0.39, 0.29) is 66.9 Å². The summed E-state index contributed by atoms with van der Waals surface area (Å²) in [7, 11) is 0. The van der Waals surface area contributed by atoms with E-state index in [1.165, 1.54) is 4.90 Å². The number of fused-ring (bicyclic) bond motifs is 5. The molecule has 6 nitrogen and oxygen atoms in total. The second-order valence-corrected chi connectivity index (χ2v) is 6.71. The summed E-state index contributed by atoms with van der Waals surface area (Å²) in [5.41, 5.74) is 6.64. The summed E-state index contributed by atoms with van der Waals surface area (Å²) >= 11 is 0. The lowest BCUT2D eigenvalue weighted by Gasteiger charge is -2.17. The van der Waals surface area contributed by atoms with Crippen molar-refractivity contribution in [3.63, 3.8) is 0 Å². The van der Waals surface area contributed by atoms with Crippen LogP contribution in [-0.2, 0) is 9.59 Å². The Labute approximate surface area is 151 Å². The minimum Gasteiger partial charge on any atom is -0.399 e. The quantitative estimate of drug-likeness (QED) is 0.479. The van der Waals surface area contributed by atoms with Gasteiger partial charge in [0.1, 0.15) is 0 Å². The zero-order chi connectivity index (χ0) is 16.8. The number of hydrogen-bond acceptors (Lipinski definition) is 4. The van der Waals surface area contributed by atoms with Crippen LogP contribution in [0.25, 0.3) is 0 Å². The van der Waals surface area contributed by atoms with Crippen LogP contribution in [0.2, 0.25) is 0 Å². The molecule has 1 aromatic rings. The van der Waals surface area contributed by atoms with E-state index in [2.05, 4.69) is 17.5 Å². The van der Waals surface area contributed by atoms with Crippen LogP contribution >= 0.6 is 12.4 Å². The highest BCUT2D eigenvalue weighted by atomic mass is 35.5. The summed E-state index contributed by atoms with van der Waals surface area (Å²) in [6.07, 6.45) is 5.07. The maximum atomic E-state index is 12.5. The van der Waals surface area contributed by atoms with E-state index in [9.17, 15) is 14.4 Å². The molecule has 4 rings (SSSR count). The van der Waals surface area contributed by atoms with Gasteiger partial charge in [-0.05, 0) is 36.5 Å². The Kier molecular flexibility index (Phi) is 4.56. The number of anilines is 1. The van der Waals surface area contributed by atoms with Crippen molar-refractivity contribution in [2.45, 2.75) is 6.42 Å². The molecule has 3 amide bonds. The van der Waals surface area contributed by atoms with E-state index in [0.29, 0.717) is 11.3 Å². The molecule has 0 aromatic heterocycles. The highest BCUT2D eigenvalue weighted by molar-refractivity contribution is 6.06. The molecule has 1 saturated heterocycles. The molecular weight excluding hydrogens is 342 g/mol. The maximum Gasteiger partial charge on any atom is 0.251 e. The molecule has 4 unspecified atom stereocenters. The molecule has 0 spiro atoms. The molecule has 1 saturated carbocycles. The van der Waals surface area contributed by atoms with Gasteiger partial charge in [0, 0.05) is 24.3 Å². The van der Waals surface area contributed by atoms with Crippen LogP contribution in [0, 0.1) is 23.7 Å². The topological polar surface area (TPSA) is 92.5 Å². The molecule has 4 atom stereocenters. The molecule has 2 bridgehead atoms. The van der Waals surface area contributed by atoms with Crippen LogP contribution in [0.3, 0.4) is 0 Å². The number of allylic oxidation sites excluding steroid dienone is 2. The SMILES string of the molecule is Cl.Nc1cccc(C(=O)NCCN2C(=O)C3C4C=CC(C4)C3C2=O)c1. The molecule has 2 aliphatic carbocycles. The normalized spacial score (nSPS) is 28.9. The zero-order valence-electron chi connectivity index (χ0n) is 13.6. The van der Waals surface area contributed by atoms with E-state index in [0.717, 1.165) is 6.42 Å². The van der Waals surface area contributed by atoms with Crippen LogP contribution < -0.4 is 11.1 Å². The van der Waals surface area contributed by atoms with Crippen molar-refractivity contribution in [3.05, 3.63) is 42.0 Å². The lowest BCUT2D eigenvalue weighted by molar-refractivity contribution is -0.140. The first-order chi connectivity index (χ1) is 11.6. The number of rotatable bonds is 4. The van der Waals surface area contributed by atoms with Gasteiger partial charge >= 0.3 is 0 Å². The van der Waals surface area contributed by atoms with Gasteiger partial charge in [-0.25, -0.2) is 0 Å². The fraction of sp³-hybridized carbons (Fsp3) is 0.389. The lowest BCUT2D eigenvalue weighted by atomic mass is 9.85. The summed E-state index contributed by atoms with van der Waals surface area (Å²) < 4.78 is 0. The first-order valence-corrected chi connectivity index (χ1v) is 8.23. The number of benzene rings is 1. The minimum absolute atomic E-state index is 0. The zero-order valence-corrected chi connectivity index (χ0v) is 14.4. The van der Waals surface area contributed by atoms with Gasteiger partial charge in [0.25, 0.3) is 5.91 Å². The van der Waals surface area contributed by atoms with Crippen LogP contribution in [0.4, 0.5) is 5.69 Å². The van der Waals surface area contributed by atoms with Gasteiger partial charge in [-0.15, -0.1) is 12.4 Å². The van der Waals surface area contributed by atoms with Gasteiger partial charge in [0.15, 0.2) is 0 Å². The van der Waals surface area contributed by atoms with E-state index < -0.39 is 0 Å². The molecule has 0 radical (unpaired) electrons. The lowest BCUT2D eigenvalue weighted by Crippen LogP contribution is -2.39. The van der Waals surface area contributed by atoms with Gasteiger partial charge < -0.3 is 11.1 Å². The molecular formula is C18H20ClN3O3. The van der Waals surface area contributed by atoms with E-state index >= 15 is 0 Å². The molecule has 25 heavy (non-hydrogen) atoms. The number of nitrogen functional groups attached to an aromatic ring is 1. The Bertz CT molecular complexity index is 734. The van der Waals surface area contributed by atoms with Crippen molar-refractivity contribution < 1.29 is 14.4 Å². The number of nitrogens with two attached hydrogens (primary N) is 1. The van der Waals surface area contributed by atoms with E-state index in [1.54, 1.807) is 24.3 Å². The predicted octanol–water partition coefficient (Wildman–Crippen LogP) is 1.23. The smallest absolute Gasteiger partial charge is 0.251 e. The van der Waals surface area contributed by atoms with Crippen molar-refractivity contribution in [3.8, 4) is 0 Å². The Hall–Kier alpha value is -2.34. The number of hydrogen-bond donors (Lipinski definition) is 2. The van der Waals surface area contributed by atoms with E-state index in [4.69, 9.17) is 5.73 Å². The molecule has 1 aromatic carbocycles. The monoisotopic (exact) mass is 361 g/mol. The number of carbonyl (C=O) groups excluding carboxylic acids is 3. The Morgan fingerprint density at radius 3 is 2.40 bits per heavy atom. The van der Waals surface area contributed by atoms with Gasteiger partial charge in [-0.1, -0.05) is 18.2 Å². The molecule has 2 fully saturated rings. The number of nitrogens with one attached hydrogen (secondary N) is 1. The third-order valence-electron chi connectivity index (χ3n) is 5.33. The van der Waals surface area contributed by atoms with Crippen molar-refractivity contribution >= 4 is 35.8 Å². The fourth-order valence-corrected chi connectivity index (χ4v) is 4.25. The van der Waals surface area contributed by atoms with Crippen LogP contribution in [0.1, 0.15) is 16.8 Å². The summed E-state index contributed by atoms with van der Waals surface area (Å²) in [6.45, 7) is 0.464. The number of amides is 3. The van der Waals surface area contributed by atoms with Crippen LogP contribution in [0.5, 0.6) is 0 Å². The average Bonchev–Trinajstić information content (AvgIpc) is 3.24. The number of halogens is 1. The molecule has 3 aliphatic rings. The summed E-state index contributed by atoms with van der Waals surface area (Å²) in [5.74, 6) is -0.371. The number of carbonyl (C=O) groups is 3. The summed E-state index contributed by atoms with van der Waals surface area (Å²) in [4.78, 5) is 38.4. The second-order valence-electron chi connectivity index (χ2n) is 6.71. The second kappa shape index (κ2) is 6.52. The van der Waals surface area contributed by atoms with Crippen molar-refractivity contribution in [2.24, 2.45) is 23.7 Å². The average molecular weight is 362 g/mol. The number of nitrogens with zero attached hydrogens (tertiary/aromatic N) is 1. The number of likely N-dealkylation sites (tertiary alicyclic amines) is 1. The highest BCUT2D eigenvalue weighted by Crippen LogP contribution is 2.52. The molecule has 1 aliphatic heterocycles. The van der Waals surface area contributed by atoms with Crippen LogP contribution in [-0.4, -0.2) is 35.7 Å². The largest absolute Gasteiger partial charge is 0.399 e. The Balaban J connectivity index is 0.00000182. The first-order valence-electron chi connectivity index (χ1n) is 8.23. The van der Waals surface area contributed by atoms with Gasteiger partial charge in [0.2, 0.25) is 11.8 Å². The molecule has 1 heterocycles. The van der Waals surface area contributed by atoms with Crippen molar-refractivity contribution in [2.75, 3.05) is 18.8 Å². The highest BCUT2D eigenvalue weighted by Gasteiger charge is 2.58. The van der Waals surface area contributed by atoms with Gasteiger partial charge in [-0.3, -0.25) is 19.3 Å². The first kappa shape index (κ1) is 17.5. The Morgan fingerprint density at radius 2 is 1.80 bits per heavy atom.